The van der Waals surface area contributed by atoms with E-state index in [-0.39, 0.29) is 19.0 Å². The van der Waals surface area contributed by atoms with Crippen molar-refractivity contribution < 1.29 is 23.9 Å². The third kappa shape index (κ3) is 3.79. The third-order valence-corrected chi connectivity index (χ3v) is 4.56. The molecule has 0 aliphatic carbocycles. The van der Waals surface area contributed by atoms with Crippen LogP contribution in [-0.2, 0) is 24.5 Å². The number of carbonyl (C=O) groups is 3. The van der Waals surface area contributed by atoms with Gasteiger partial charge in [-0.2, -0.15) is 11.3 Å². The topological polar surface area (TPSA) is 69.7 Å². The van der Waals surface area contributed by atoms with Gasteiger partial charge in [0.15, 0.2) is 11.2 Å². The van der Waals surface area contributed by atoms with Crippen molar-refractivity contribution in [2.45, 2.75) is 26.2 Å². The van der Waals surface area contributed by atoms with Gasteiger partial charge in [0.25, 0.3) is 0 Å². The molecule has 2 rings (SSSR count). The van der Waals surface area contributed by atoms with Crippen LogP contribution in [0.25, 0.3) is 0 Å². The largest absolute Gasteiger partial charge is 0.465 e. The summed E-state index contributed by atoms with van der Waals surface area (Å²) in [5.41, 5.74) is -0.0597. The Bertz CT molecular complexity index is 729. The van der Waals surface area contributed by atoms with E-state index >= 15 is 0 Å². The maximum Gasteiger partial charge on any atom is 0.327 e. The first-order valence-electron chi connectivity index (χ1n) is 7.97. The van der Waals surface area contributed by atoms with Gasteiger partial charge in [0, 0.05) is 16.5 Å². The molecule has 25 heavy (non-hydrogen) atoms. The molecular formula is C19H20O5S. The highest BCUT2D eigenvalue weighted by Gasteiger charge is 2.46. The summed E-state index contributed by atoms with van der Waals surface area (Å²) in [7, 11) is 0. The Morgan fingerprint density at radius 1 is 0.920 bits per heavy atom. The smallest absolute Gasteiger partial charge is 0.327 e. The standard InChI is InChI=1S/C19H20O5S/c1-4-23-17(21)19(3,18(22)24-5-2)15-8-6-13(7-9-15)16(20)14-10-11-25-12-14/h6-12H,4-5H2,1-3H3. The summed E-state index contributed by atoms with van der Waals surface area (Å²) >= 11 is 1.45. The van der Waals surface area contributed by atoms with E-state index in [0.717, 1.165) is 0 Å². The second-order valence-corrected chi connectivity index (χ2v) is 6.26. The minimum absolute atomic E-state index is 0.109. The number of hydrogen-bond donors (Lipinski definition) is 0. The molecule has 0 spiro atoms. The highest BCUT2D eigenvalue weighted by atomic mass is 32.1. The molecule has 5 nitrogen and oxygen atoms in total. The van der Waals surface area contributed by atoms with Crippen molar-refractivity contribution in [1.29, 1.82) is 0 Å². The van der Waals surface area contributed by atoms with Crippen LogP contribution in [0.5, 0.6) is 0 Å². The number of benzene rings is 1. The lowest BCUT2D eigenvalue weighted by molar-refractivity contribution is -0.163. The number of thiophene rings is 1. The number of hydrogen-bond acceptors (Lipinski definition) is 6. The van der Waals surface area contributed by atoms with E-state index in [9.17, 15) is 14.4 Å². The van der Waals surface area contributed by atoms with Gasteiger partial charge in [0.05, 0.1) is 13.2 Å². The normalized spacial score (nSPS) is 11.0. The lowest BCUT2D eigenvalue weighted by Crippen LogP contribution is -2.43. The molecule has 0 fully saturated rings. The van der Waals surface area contributed by atoms with E-state index in [0.29, 0.717) is 16.7 Å². The molecule has 0 saturated carbocycles. The summed E-state index contributed by atoms with van der Waals surface area (Å²) in [5.74, 6) is -1.46. The van der Waals surface area contributed by atoms with Gasteiger partial charge in [-0.1, -0.05) is 24.3 Å². The van der Waals surface area contributed by atoms with E-state index < -0.39 is 17.4 Å². The van der Waals surface area contributed by atoms with Crippen molar-refractivity contribution in [3.8, 4) is 0 Å². The molecular weight excluding hydrogens is 340 g/mol. The van der Waals surface area contributed by atoms with E-state index in [1.807, 2.05) is 5.38 Å². The molecule has 132 valence electrons. The first-order valence-corrected chi connectivity index (χ1v) is 8.91. The predicted molar refractivity (Wildman–Crippen MR) is 94.8 cm³/mol. The molecule has 1 aromatic carbocycles. The van der Waals surface area contributed by atoms with Gasteiger partial charge in [-0.05, 0) is 37.8 Å². The zero-order valence-corrected chi connectivity index (χ0v) is 15.2. The molecule has 0 atom stereocenters. The van der Waals surface area contributed by atoms with E-state index in [1.165, 1.54) is 18.3 Å². The Labute approximate surface area is 150 Å². The van der Waals surface area contributed by atoms with Gasteiger partial charge in [-0.25, -0.2) is 0 Å². The number of ether oxygens (including phenoxy) is 2. The highest BCUT2D eigenvalue weighted by molar-refractivity contribution is 7.08. The third-order valence-electron chi connectivity index (χ3n) is 3.88. The number of esters is 2. The fraction of sp³-hybridized carbons (Fsp3) is 0.316. The summed E-state index contributed by atoms with van der Waals surface area (Å²) in [6, 6.07) is 8.14. The lowest BCUT2D eigenvalue weighted by Gasteiger charge is -2.25. The van der Waals surface area contributed by atoms with Crippen molar-refractivity contribution in [2.24, 2.45) is 0 Å². The summed E-state index contributed by atoms with van der Waals surface area (Å²) < 4.78 is 10.1. The zero-order chi connectivity index (χ0) is 18.4. The summed E-state index contributed by atoms with van der Waals surface area (Å²) in [4.78, 5) is 37.2. The second-order valence-electron chi connectivity index (χ2n) is 5.48. The van der Waals surface area contributed by atoms with Crippen LogP contribution < -0.4 is 0 Å². The fourth-order valence-corrected chi connectivity index (χ4v) is 3.02. The number of ketones is 1. The maximum absolute atomic E-state index is 12.4. The van der Waals surface area contributed by atoms with Crippen molar-refractivity contribution >= 4 is 29.1 Å². The van der Waals surface area contributed by atoms with Crippen LogP contribution in [0, 0.1) is 0 Å². The number of carbonyl (C=O) groups excluding carboxylic acids is 3. The van der Waals surface area contributed by atoms with Crippen LogP contribution in [0.3, 0.4) is 0 Å². The molecule has 0 unspecified atom stereocenters. The Kier molecular flexibility index (Phi) is 6.09. The van der Waals surface area contributed by atoms with Crippen LogP contribution >= 0.6 is 11.3 Å². The summed E-state index contributed by atoms with van der Waals surface area (Å²) in [6.07, 6.45) is 0. The summed E-state index contributed by atoms with van der Waals surface area (Å²) in [5, 5.41) is 3.61. The van der Waals surface area contributed by atoms with Gasteiger partial charge in [0.2, 0.25) is 0 Å². The Morgan fingerprint density at radius 3 is 1.92 bits per heavy atom. The molecule has 0 radical (unpaired) electrons. The quantitative estimate of drug-likeness (QED) is 0.430. The fourth-order valence-electron chi connectivity index (χ4n) is 2.39. The van der Waals surface area contributed by atoms with E-state index in [4.69, 9.17) is 9.47 Å². The monoisotopic (exact) mass is 360 g/mol. The first kappa shape index (κ1) is 18.9. The molecule has 6 heteroatoms. The molecule has 1 heterocycles. The van der Waals surface area contributed by atoms with Crippen LogP contribution in [0.4, 0.5) is 0 Å². The van der Waals surface area contributed by atoms with Gasteiger partial charge in [-0.3, -0.25) is 14.4 Å². The average Bonchev–Trinajstić information content (AvgIpc) is 3.15. The molecule has 1 aromatic heterocycles. The highest BCUT2D eigenvalue weighted by Crippen LogP contribution is 2.28. The zero-order valence-electron chi connectivity index (χ0n) is 14.4. The molecule has 0 amide bonds. The van der Waals surface area contributed by atoms with Crippen molar-refractivity contribution in [3.05, 3.63) is 57.8 Å². The van der Waals surface area contributed by atoms with Crippen LogP contribution in [-0.4, -0.2) is 30.9 Å². The second kappa shape index (κ2) is 8.07. The molecule has 0 bridgehead atoms. The average molecular weight is 360 g/mol. The molecule has 0 aliphatic heterocycles. The summed E-state index contributed by atoms with van der Waals surface area (Å²) in [6.45, 7) is 5.13. The Hall–Kier alpha value is -2.47. The Morgan fingerprint density at radius 2 is 1.48 bits per heavy atom. The van der Waals surface area contributed by atoms with Gasteiger partial charge < -0.3 is 9.47 Å². The van der Waals surface area contributed by atoms with Crippen LogP contribution in [0.2, 0.25) is 0 Å². The van der Waals surface area contributed by atoms with Gasteiger partial charge in [-0.15, -0.1) is 0 Å². The minimum Gasteiger partial charge on any atom is -0.465 e. The minimum atomic E-state index is -1.57. The van der Waals surface area contributed by atoms with Crippen LogP contribution in [0.15, 0.2) is 41.1 Å². The van der Waals surface area contributed by atoms with E-state index in [2.05, 4.69) is 0 Å². The predicted octanol–water partition coefficient (Wildman–Crippen LogP) is 3.36. The van der Waals surface area contributed by atoms with Gasteiger partial charge >= 0.3 is 11.9 Å². The molecule has 2 aromatic rings. The van der Waals surface area contributed by atoms with Crippen molar-refractivity contribution in [2.75, 3.05) is 13.2 Å². The lowest BCUT2D eigenvalue weighted by atomic mass is 9.82. The van der Waals surface area contributed by atoms with Crippen molar-refractivity contribution in [1.82, 2.24) is 0 Å². The SMILES string of the molecule is CCOC(=O)C(C)(C(=O)OCC)c1ccc(C(=O)c2ccsc2)cc1. The Balaban J connectivity index is 2.36. The molecule has 0 saturated heterocycles. The molecule has 0 aliphatic rings. The van der Waals surface area contributed by atoms with E-state index in [1.54, 1.807) is 49.6 Å². The molecule has 0 N–H and O–H groups in total. The maximum atomic E-state index is 12.4. The number of rotatable bonds is 7. The van der Waals surface area contributed by atoms with Gasteiger partial charge in [0.1, 0.15) is 0 Å². The first-order chi connectivity index (χ1) is 11.9. The van der Waals surface area contributed by atoms with Crippen molar-refractivity contribution in [3.63, 3.8) is 0 Å². The van der Waals surface area contributed by atoms with Crippen LogP contribution in [0.1, 0.15) is 42.3 Å².